The van der Waals surface area contributed by atoms with E-state index in [2.05, 4.69) is 55.2 Å². The van der Waals surface area contributed by atoms with Crippen LogP contribution in [0.5, 0.6) is 5.75 Å². The van der Waals surface area contributed by atoms with Crippen LogP contribution in [-0.4, -0.2) is 211 Å². The largest absolute Gasteiger partial charge is 0.508 e. The van der Waals surface area contributed by atoms with Crippen molar-refractivity contribution < 1.29 is 112 Å². The first-order valence-electron chi connectivity index (χ1n) is 40.5. The highest BCUT2D eigenvalue weighted by Gasteiger charge is 2.39. The van der Waals surface area contributed by atoms with Crippen LogP contribution in [0.3, 0.4) is 0 Å². The Kier molecular flexibility index (Phi) is 48.3. The van der Waals surface area contributed by atoms with Gasteiger partial charge in [0.15, 0.2) is 34.7 Å². The Hall–Kier alpha value is -10.2. The number of thiol groups is 1. The number of hydrogen-bond donors (Lipinski definition) is 18. The SMILES string of the molecule is CCC(NC(=O)C(CO)CC(=O)CNC(=O)[C@H](CCC(=O)O)NC(=O)C(NC(=O)[C@H](CO)CC(=O)[C@H](CCCCC(=N)N)NC(=O)C(CS)CC(=O)[C@H](CCC(N)=O)NC(=O)[C@@H](CC(=O)C(NC(=O)CCC(=O)[C@@H](N)CC(C)C)[C@@H](C)CC)C(C)C)C(C)C)C(=O)CCC(=O)NC(Cc1ccccc1)C(=O)CC(Cc1ccc(O)cc1)C(=O)O. The zero-order valence-electron chi connectivity index (χ0n) is 69.7. The average molecular weight is 1690 g/mol. The second-order valence-corrected chi connectivity index (χ2v) is 31.9. The summed E-state index contributed by atoms with van der Waals surface area (Å²) >= 11 is 4.33. The van der Waals surface area contributed by atoms with Crippen LogP contribution in [0.25, 0.3) is 0 Å². The number of nitrogens with one attached hydrogen (secondary N) is 9. The van der Waals surface area contributed by atoms with Crippen molar-refractivity contribution in [1.29, 1.82) is 5.41 Å². The summed E-state index contributed by atoms with van der Waals surface area (Å²) in [6.45, 7) is 12.4. The second-order valence-electron chi connectivity index (χ2n) is 31.5. The molecule has 0 saturated carbocycles. The fourth-order valence-corrected chi connectivity index (χ4v) is 13.3. The average Bonchev–Trinajstić information content (AvgIpc) is 0.850. The van der Waals surface area contributed by atoms with Gasteiger partial charge < -0.3 is 85.3 Å². The molecule has 0 aliphatic carbocycles. The maximum Gasteiger partial charge on any atom is 0.307 e. The van der Waals surface area contributed by atoms with E-state index in [9.17, 15) is 112 Å². The standard InChI is InChI=1S/C83H126N12O23S/c1-10-48(9)76(94-73(108)30-27-64(100)58(84)33-45(3)4)69(105)40-57(46(5)6)80(114)92-61(25-29-71(87)106)67(103)39-54(44-119)79(113)91-60(19-15-16-20-70(85)86)66(102)38-53(43-97)78(112)95-75(47(7)8)82(116)93-62(26-32-74(109)110)81(115)88-41-56(99)36-52(42-96)77(111)90-59(11-2)65(101)28-31-72(107)89-63(35-49-17-13-12-14-18-49)68(104)37-51(83(117)118)34-50-21-23-55(98)24-22-50/h12-14,17-18,21-24,45-48,51-54,57-63,75-76,96-98,119H,10-11,15-16,19-20,25-44,84H2,1-9H3,(H3,85,86)(H2,87,106)(H,88,115)(H,89,107)(H,90,111)(H,91,113)(H,92,114)(H,93,116)(H,94,108)(H,95,112)(H,109,110)(H,117,118)/t48-,51?,52?,53-,54?,57-,58-,59?,60-,61-,62-,63?,75?,76?/m0/s1. The maximum absolute atomic E-state index is 14.3. The van der Waals surface area contributed by atoms with Gasteiger partial charge in [-0.15, -0.1) is 0 Å². The molecule has 2 aromatic rings. The lowest BCUT2D eigenvalue weighted by molar-refractivity contribution is -0.144. The molecule has 2 aromatic carbocycles. The van der Waals surface area contributed by atoms with Gasteiger partial charge in [-0.05, 0) is 98.3 Å². The minimum Gasteiger partial charge on any atom is -0.508 e. The van der Waals surface area contributed by atoms with Gasteiger partial charge in [-0.1, -0.05) is 118 Å². The number of phenols is 1. The number of carboxylic acid groups (broad SMARTS) is 2. The normalized spacial score (nSPS) is 14.9. The number of nitrogens with two attached hydrogens (primary N) is 3. The van der Waals surface area contributed by atoms with E-state index in [0.717, 1.165) is 0 Å². The van der Waals surface area contributed by atoms with E-state index >= 15 is 0 Å². The summed E-state index contributed by atoms with van der Waals surface area (Å²) in [7, 11) is 0. The Morgan fingerprint density at radius 3 is 1.50 bits per heavy atom. The number of ketones is 7. The van der Waals surface area contributed by atoms with Gasteiger partial charge in [-0.2, -0.15) is 12.6 Å². The van der Waals surface area contributed by atoms with Crippen LogP contribution in [0, 0.1) is 58.7 Å². The molecule has 20 N–H and O–H groups in total. The maximum atomic E-state index is 14.3. The number of carbonyl (C=O) groups excluding carboxylic acids is 16. The highest BCUT2D eigenvalue weighted by Crippen LogP contribution is 2.25. The van der Waals surface area contributed by atoms with Gasteiger partial charge in [0.2, 0.25) is 53.2 Å². The number of primary amides is 1. The molecule has 119 heavy (non-hydrogen) atoms. The molecule has 0 fully saturated rings. The van der Waals surface area contributed by atoms with Crippen molar-refractivity contribution in [2.45, 2.75) is 252 Å². The third-order valence-electron chi connectivity index (χ3n) is 20.5. The quantitative estimate of drug-likeness (QED) is 0.0195. The molecule has 0 spiro atoms. The van der Waals surface area contributed by atoms with Crippen LogP contribution in [0.4, 0.5) is 0 Å². The zero-order chi connectivity index (χ0) is 89.9. The summed E-state index contributed by atoms with van der Waals surface area (Å²) in [4.78, 5) is 243. The molecule has 0 aliphatic rings. The summed E-state index contributed by atoms with van der Waals surface area (Å²) in [6.07, 6.45) is -5.19. The minimum absolute atomic E-state index is 0.0147. The van der Waals surface area contributed by atoms with E-state index in [1.807, 2.05) is 13.8 Å². The van der Waals surface area contributed by atoms with Crippen molar-refractivity contribution in [3.05, 3.63) is 65.7 Å². The number of Topliss-reactive ketones (excluding diaryl/α,β-unsaturated/α-hetero) is 7. The number of aliphatic hydroxyl groups excluding tert-OH is 2. The van der Waals surface area contributed by atoms with Crippen molar-refractivity contribution in [2.24, 2.45) is 70.5 Å². The van der Waals surface area contributed by atoms with Crippen LogP contribution in [-0.2, 0) is 99.1 Å². The molecule has 9 amide bonds. The van der Waals surface area contributed by atoms with Crippen molar-refractivity contribution in [2.75, 3.05) is 25.5 Å². The molecular weight excluding hydrogens is 1570 g/mol. The summed E-state index contributed by atoms with van der Waals surface area (Å²) in [6, 6.07) is 3.96. The number of aliphatic hydroxyl groups is 2. The molecule has 36 heteroatoms. The number of hydrogen-bond acceptors (Lipinski definition) is 24. The molecule has 0 radical (unpaired) electrons. The van der Waals surface area contributed by atoms with Gasteiger partial charge in [0, 0.05) is 88.7 Å². The van der Waals surface area contributed by atoms with E-state index < -0.39 is 279 Å². The molecule has 35 nitrogen and oxygen atoms in total. The van der Waals surface area contributed by atoms with E-state index in [0.29, 0.717) is 24.0 Å². The van der Waals surface area contributed by atoms with Gasteiger partial charge in [0.05, 0.1) is 85.5 Å². The van der Waals surface area contributed by atoms with E-state index in [1.54, 1.807) is 58.0 Å². The van der Waals surface area contributed by atoms with E-state index in [1.165, 1.54) is 45.0 Å². The predicted molar refractivity (Wildman–Crippen MR) is 441 cm³/mol. The highest BCUT2D eigenvalue weighted by atomic mass is 32.1. The summed E-state index contributed by atoms with van der Waals surface area (Å²) < 4.78 is 0. The predicted octanol–water partition coefficient (Wildman–Crippen LogP) is 2.03. The van der Waals surface area contributed by atoms with Crippen LogP contribution >= 0.6 is 12.6 Å². The Bertz CT molecular complexity index is 3790. The van der Waals surface area contributed by atoms with Crippen LogP contribution in [0.15, 0.2) is 54.6 Å². The van der Waals surface area contributed by atoms with Gasteiger partial charge >= 0.3 is 11.9 Å². The lowest BCUT2D eigenvalue weighted by atomic mass is 9.84. The zero-order valence-corrected chi connectivity index (χ0v) is 70.6. The Morgan fingerprint density at radius 2 is 0.966 bits per heavy atom. The Morgan fingerprint density at radius 1 is 0.454 bits per heavy atom. The van der Waals surface area contributed by atoms with Crippen LogP contribution in [0.1, 0.15) is 202 Å². The van der Waals surface area contributed by atoms with Gasteiger partial charge in [0.25, 0.3) is 0 Å². The first-order chi connectivity index (χ1) is 56.0. The van der Waals surface area contributed by atoms with Gasteiger partial charge in [0.1, 0.15) is 23.6 Å². The molecule has 2 rings (SSSR count). The monoisotopic (exact) mass is 1690 g/mol. The minimum atomic E-state index is -1.70. The number of amidine groups is 1. The van der Waals surface area contributed by atoms with Crippen molar-refractivity contribution in [3.63, 3.8) is 0 Å². The molecule has 0 saturated heterocycles. The highest BCUT2D eigenvalue weighted by molar-refractivity contribution is 7.80. The van der Waals surface area contributed by atoms with Gasteiger partial charge in [-0.3, -0.25) is 91.7 Å². The number of aliphatic carboxylic acids is 2. The Balaban J connectivity index is 2.25. The summed E-state index contributed by atoms with van der Waals surface area (Å²) in [5.41, 5.74) is 18.3. The molecule has 7 unspecified atom stereocenters. The number of unbranched alkanes of at least 4 members (excludes halogenated alkanes) is 1. The fourth-order valence-electron chi connectivity index (χ4n) is 13.0. The molecule has 0 bridgehead atoms. The number of amides is 9. The molecule has 14 atom stereocenters. The number of carbonyl (C=O) groups is 18. The number of phenolic OH excluding ortho intramolecular Hbond substituents is 1. The third kappa shape index (κ3) is 39.9. The molecule has 662 valence electrons. The molecule has 0 aliphatic heterocycles. The molecule has 0 aromatic heterocycles. The summed E-state index contributed by atoms with van der Waals surface area (Å²) in [5.74, 6) is -24.1. The molecular formula is C83H126N12O23S. The summed E-state index contributed by atoms with van der Waals surface area (Å²) in [5, 5.41) is 78.1. The molecule has 0 heterocycles. The second kappa shape index (κ2) is 54.8. The van der Waals surface area contributed by atoms with Crippen molar-refractivity contribution in [3.8, 4) is 5.75 Å². The van der Waals surface area contributed by atoms with E-state index in [4.69, 9.17) is 22.6 Å². The van der Waals surface area contributed by atoms with Crippen LogP contribution in [0.2, 0.25) is 0 Å². The number of carboxylic acids is 2. The number of aromatic hydroxyl groups is 1. The topological polar surface area (TPSA) is 607 Å². The van der Waals surface area contributed by atoms with Crippen molar-refractivity contribution >= 4 is 124 Å². The van der Waals surface area contributed by atoms with Crippen LogP contribution < -0.4 is 59.7 Å². The number of rotatable bonds is 63. The smallest absolute Gasteiger partial charge is 0.307 e. The Labute approximate surface area is 700 Å². The number of benzene rings is 2. The van der Waals surface area contributed by atoms with Gasteiger partial charge in [-0.25, -0.2) is 0 Å². The third-order valence-corrected chi connectivity index (χ3v) is 21.0. The lowest BCUT2D eigenvalue weighted by Crippen LogP contribution is -2.56. The fraction of sp³-hybridized carbons (Fsp3) is 0.627. The lowest BCUT2D eigenvalue weighted by Gasteiger charge is -2.28. The van der Waals surface area contributed by atoms with Crippen molar-refractivity contribution in [1.82, 2.24) is 42.5 Å². The first-order valence-corrected chi connectivity index (χ1v) is 41.1. The first kappa shape index (κ1) is 105. The van der Waals surface area contributed by atoms with E-state index in [-0.39, 0.29) is 93.2 Å².